The predicted octanol–water partition coefficient (Wildman–Crippen LogP) is 3.41. The lowest BCUT2D eigenvalue weighted by Gasteiger charge is -2.40. The fourth-order valence-electron chi connectivity index (χ4n) is 9.75. The number of benzene rings is 1. The summed E-state index contributed by atoms with van der Waals surface area (Å²) in [5.74, 6) is -1.64. The van der Waals surface area contributed by atoms with Crippen molar-refractivity contribution in [2.75, 3.05) is 6.54 Å². The lowest BCUT2D eigenvalue weighted by molar-refractivity contribution is -0.145. The van der Waals surface area contributed by atoms with Gasteiger partial charge in [0.2, 0.25) is 27.7 Å². The van der Waals surface area contributed by atoms with E-state index in [0.717, 1.165) is 12.8 Å². The summed E-state index contributed by atoms with van der Waals surface area (Å²) in [5, 5.41) is 18.4. The molecule has 4 saturated carbocycles. The molecule has 0 radical (unpaired) electrons. The lowest BCUT2D eigenvalue weighted by atomic mass is 9.86. The van der Waals surface area contributed by atoms with Gasteiger partial charge in [-0.3, -0.25) is 28.8 Å². The molecule has 2 aromatic rings. The van der Waals surface area contributed by atoms with Gasteiger partial charge in [0, 0.05) is 24.9 Å². The van der Waals surface area contributed by atoms with Crippen LogP contribution in [0.2, 0.25) is 0 Å². The van der Waals surface area contributed by atoms with E-state index in [1.807, 2.05) is 19.1 Å². The number of carbonyl (C=O) groups is 4. The highest BCUT2D eigenvalue weighted by Crippen LogP contribution is 2.54. The van der Waals surface area contributed by atoms with Gasteiger partial charge >= 0.3 is 6.09 Å². The number of sulfonamides is 1. The van der Waals surface area contributed by atoms with Crippen LogP contribution in [0, 0.1) is 29.6 Å². The second-order valence-corrected chi connectivity index (χ2v) is 19.2. The molecule has 5 fully saturated rings. The molecule has 3 N–H and O–H groups in total. The number of ether oxygens (including phenoxy) is 1. The van der Waals surface area contributed by atoms with Crippen molar-refractivity contribution in [2.24, 2.45) is 29.6 Å². The molecule has 0 spiro atoms. The molecule has 2 aliphatic heterocycles. The van der Waals surface area contributed by atoms with E-state index in [4.69, 9.17) is 4.74 Å². The molecule has 1 saturated heterocycles. The van der Waals surface area contributed by atoms with Crippen molar-refractivity contribution >= 4 is 44.6 Å². The highest BCUT2D eigenvalue weighted by Gasteiger charge is 2.62. The smallest absolute Gasteiger partial charge is 0.408 e. The fraction of sp³-hybridized carbons (Fsp3) is 0.650. The molecule has 0 bridgehead atoms. The van der Waals surface area contributed by atoms with E-state index in [1.165, 1.54) is 14.5 Å². The van der Waals surface area contributed by atoms with Crippen LogP contribution in [0.3, 0.4) is 0 Å². The zero-order valence-electron chi connectivity index (χ0n) is 32.1. The molecule has 10 atom stereocenters. The molecule has 6 aliphatic rings. The molecule has 16 heteroatoms. The van der Waals surface area contributed by atoms with Crippen molar-refractivity contribution < 1.29 is 37.4 Å². The molecule has 4 amide bonds. The van der Waals surface area contributed by atoms with Crippen molar-refractivity contribution in [1.82, 2.24) is 29.6 Å². The molecular formula is C40H52N6O9S. The Morgan fingerprint density at radius 1 is 1.04 bits per heavy atom. The molecule has 1 unspecified atom stereocenters. The van der Waals surface area contributed by atoms with E-state index in [-0.39, 0.29) is 55.2 Å². The maximum Gasteiger partial charge on any atom is 0.408 e. The lowest BCUT2D eigenvalue weighted by Crippen LogP contribution is -2.61. The van der Waals surface area contributed by atoms with Crippen LogP contribution in [0.1, 0.15) is 85.0 Å². The maximum atomic E-state index is 15.2. The fourth-order valence-corrected chi connectivity index (χ4v) is 11.1. The maximum absolute atomic E-state index is 15.2. The van der Waals surface area contributed by atoms with Crippen LogP contribution in [-0.2, 0) is 31.0 Å². The zero-order chi connectivity index (χ0) is 39.7. The second-order valence-electron chi connectivity index (χ2n) is 17.2. The van der Waals surface area contributed by atoms with Crippen molar-refractivity contribution in [2.45, 2.75) is 127 Å². The normalized spacial score (nSPS) is 34.9. The molecule has 1 aromatic carbocycles. The van der Waals surface area contributed by atoms with Gasteiger partial charge in [-0.2, -0.15) is 0 Å². The molecular weight excluding hydrogens is 741 g/mol. The minimum atomic E-state index is -3.93. The summed E-state index contributed by atoms with van der Waals surface area (Å²) in [5.41, 5.74) is -1.83. The Bertz CT molecular complexity index is 2130. The quantitative estimate of drug-likeness (QED) is 0.333. The highest BCUT2D eigenvalue weighted by molar-refractivity contribution is 7.91. The van der Waals surface area contributed by atoms with Crippen LogP contribution in [0.5, 0.6) is 5.88 Å². The average molecular weight is 793 g/mol. The minimum Gasteiger partial charge on any atom is -0.471 e. The third-order valence-electron chi connectivity index (χ3n) is 13.1. The van der Waals surface area contributed by atoms with E-state index in [1.54, 1.807) is 31.2 Å². The van der Waals surface area contributed by atoms with E-state index in [2.05, 4.69) is 22.1 Å². The Morgan fingerprint density at radius 2 is 1.75 bits per heavy atom. The van der Waals surface area contributed by atoms with Gasteiger partial charge in [0.25, 0.3) is 11.5 Å². The van der Waals surface area contributed by atoms with Crippen LogP contribution in [0.4, 0.5) is 4.79 Å². The largest absolute Gasteiger partial charge is 0.471 e. The first-order valence-corrected chi connectivity index (χ1v) is 21.8. The predicted molar refractivity (Wildman–Crippen MR) is 205 cm³/mol. The summed E-state index contributed by atoms with van der Waals surface area (Å²) < 4.78 is 35.9. The van der Waals surface area contributed by atoms with Crippen LogP contribution in [0.25, 0.3) is 10.8 Å². The van der Waals surface area contributed by atoms with Gasteiger partial charge in [0.05, 0.1) is 22.6 Å². The summed E-state index contributed by atoms with van der Waals surface area (Å²) in [6, 6.07) is 4.32. The Morgan fingerprint density at radius 3 is 2.43 bits per heavy atom. The van der Waals surface area contributed by atoms with Crippen molar-refractivity contribution in [3.63, 3.8) is 0 Å². The molecule has 4 aliphatic carbocycles. The number of aryl methyl sites for hydroxylation is 1. The summed E-state index contributed by atoms with van der Waals surface area (Å²) in [6.45, 7) is 5.98. The van der Waals surface area contributed by atoms with Gasteiger partial charge in [0.15, 0.2) is 0 Å². The van der Waals surface area contributed by atoms with Gasteiger partial charge in [-0.15, -0.1) is 5.10 Å². The van der Waals surface area contributed by atoms with Crippen LogP contribution in [0.15, 0.2) is 41.2 Å². The van der Waals surface area contributed by atoms with E-state index in [9.17, 15) is 32.7 Å². The summed E-state index contributed by atoms with van der Waals surface area (Å²) >= 11 is 0. The monoisotopic (exact) mass is 792 g/mol. The average Bonchev–Trinajstić information content (AvgIpc) is 4.12. The third kappa shape index (κ3) is 7.17. The number of carbonyl (C=O) groups excluding carboxylic acids is 3. The minimum absolute atomic E-state index is 0.0183. The van der Waals surface area contributed by atoms with Gasteiger partial charge in [-0.1, -0.05) is 38.1 Å². The molecule has 15 nitrogen and oxygen atoms in total. The van der Waals surface area contributed by atoms with Crippen LogP contribution in [-0.4, -0.2) is 98.5 Å². The summed E-state index contributed by atoms with van der Waals surface area (Å²) in [6.07, 6.45) is 7.37. The number of carboxylic acid groups (broad SMARTS) is 1. The first-order chi connectivity index (χ1) is 26.7. The Hall–Kier alpha value is -4.47. The molecule has 302 valence electrons. The van der Waals surface area contributed by atoms with Gasteiger partial charge in [0.1, 0.15) is 23.7 Å². The number of amides is 4. The molecule has 56 heavy (non-hydrogen) atoms. The SMILES string of the molecule is CCn1nc(O[C@@H]2C[C@H]3C(=O)N[C@]4(C(=O)NS(=O)(=O)C5CC5)C[C@H]4/C=C\CC[C@@H](C)C[C@@H](C)[C@H](N(C(=O)O)[C@H]4CC5C[C@H]5C4)C(=O)N3C2)c2ccccc2c1=O. The first kappa shape index (κ1) is 38.4. The van der Waals surface area contributed by atoms with Gasteiger partial charge in [-0.05, 0) is 101 Å². The van der Waals surface area contributed by atoms with Crippen molar-refractivity contribution in [1.29, 1.82) is 0 Å². The van der Waals surface area contributed by atoms with Crippen LogP contribution < -0.4 is 20.3 Å². The second kappa shape index (κ2) is 14.5. The van der Waals surface area contributed by atoms with E-state index < -0.39 is 68.7 Å². The van der Waals surface area contributed by atoms with E-state index in [0.29, 0.717) is 61.1 Å². The van der Waals surface area contributed by atoms with Crippen molar-refractivity contribution in [3.05, 3.63) is 46.8 Å². The third-order valence-corrected chi connectivity index (χ3v) is 14.9. The number of aromatic nitrogens is 2. The number of fused-ring (bicyclic) bond motifs is 4. The number of rotatable bonds is 8. The topological polar surface area (TPSA) is 197 Å². The standard InChI is InChI=1S/C40H52N6O9S/c1-4-45-36(48)31-12-8-7-11-30(31)35(42-45)55-28-19-32-34(47)41-40(38(50)43-56(53,54)29-13-14-29)20-26(40)10-6-5-9-22(2)15-23(3)33(37(49)44(32)21-28)46(39(51)52)27-17-24-16-25(24)18-27/h6-8,10-12,22-29,32-33H,4-5,9,13-21H2,1-3H3,(H,41,47)(H,43,50)(H,51,52)/b10-6-/t22-,23-,24+,25?,26-,27-,28-,32+,33+,40-/m1/s1. The number of nitrogens with zero attached hydrogens (tertiary/aromatic N) is 4. The Kier molecular flexibility index (Phi) is 9.93. The first-order valence-electron chi connectivity index (χ1n) is 20.2. The van der Waals surface area contributed by atoms with Gasteiger partial charge in [-0.25, -0.2) is 17.9 Å². The highest BCUT2D eigenvalue weighted by atomic mass is 32.2. The number of hydrogen-bond donors (Lipinski definition) is 3. The molecule has 3 heterocycles. The number of hydrogen-bond acceptors (Lipinski definition) is 9. The summed E-state index contributed by atoms with van der Waals surface area (Å²) in [7, 11) is -3.93. The Balaban J connectivity index is 1.17. The van der Waals surface area contributed by atoms with E-state index >= 15 is 4.79 Å². The molecule has 8 rings (SSSR count). The summed E-state index contributed by atoms with van der Waals surface area (Å²) in [4.78, 5) is 72.8. The van der Waals surface area contributed by atoms with Gasteiger partial charge < -0.3 is 20.1 Å². The Labute approximate surface area is 326 Å². The van der Waals surface area contributed by atoms with Crippen LogP contribution >= 0.6 is 0 Å². The molecule has 1 aromatic heterocycles. The number of allylic oxidation sites excluding steroid dienone is 1. The van der Waals surface area contributed by atoms with Crippen molar-refractivity contribution in [3.8, 4) is 5.88 Å². The zero-order valence-corrected chi connectivity index (χ0v) is 32.9. The number of nitrogens with one attached hydrogen (secondary N) is 2.